The van der Waals surface area contributed by atoms with E-state index in [4.69, 9.17) is 4.42 Å². The second-order valence-electron chi connectivity index (χ2n) is 4.43. The molecule has 1 aromatic carbocycles. The van der Waals surface area contributed by atoms with Crippen molar-refractivity contribution < 1.29 is 4.42 Å². The van der Waals surface area contributed by atoms with Gasteiger partial charge in [0.1, 0.15) is 11.5 Å². The van der Waals surface area contributed by atoms with E-state index in [-0.39, 0.29) is 6.04 Å². The van der Waals surface area contributed by atoms with Crippen LogP contribution in [0.5, 0.6) is 0 Å². The quantitative estimate of drug-likeness (QED) is 0.908. The van der Waals surface area contributed by atoms with Gasteiger partial charge in [-0.3, -0.25) is 0 Å². The summed E-state index contributed by atoms with van der Waals surface area (Å²) < 4.78 is 6.93. The number of halogens is 1. The number of aryl methyl sites for hydroxylation is 2. The van der Waals surface area contributed by atoms with Crippen LogP contribution in [0.3, 0.4) is 0 Å². The molecule has 1 N–H and O–H groups in total. The van der Waals surface area contributed by atoms with Crippen molar-refractivity contribution in [3.8, 4) is 0 Å². The monoisotopic (exact) mass is 307 g/mol. The van der Waals surface area contributed by atoms with Crippen LogP contribution in [0.4, 0.5) is 0 Å². The predicted molar refractivity (Wildman–Crippen MR) is 77.8 cm³/mol. The van der Waals surface area contributed by atoms with Gasteiger partial charge in [-0.05, 0) is 49.7 Å². The SMILES string of the molecule is CCNC(c1cccc(Br)c1)c1cc(C)c(C)o1. The van der Waals surface area contributed by atoms with Crippen LogP contribution < -0.4 is 5.32 Å². The number of hydrogen-bond acceptors (Lipinski definition) is 2. The van der Waals surface area contributed by atoms with Gasteiger partial charge >= 0.3 is 0 Å². The lowest BCUT2D eigenvalue weighted by Crippen LogP contribution is -2.21. The van der Waals surface area contributed by atoms with E-state index in [1.165, 1.54) is 11.1 Å². The summed E-state index contributed by atoms with van der Waals surface area (Å²) in [4.78, 5) is 0. The Balaban J connectivity index is 2.39. The standard InChI is InChI=1S/C15H18BrNO/c1-4-17-15(12-6-5-7-13(16)9-12)14-8-10(2)11(3)18-14/h5-9,15,17H,4H2,1-3H3. The Bertz CT molecular complexity index is 514. The van der Waals surface area contributed by atoms with Gasteiger partial charge < -0.3 is 9.73 Å². The normalized spacial score (nSPS) is 12.7. The molecule has 0 saturated carbocycles. The van der Waals surface area contributed by atoms with Crippen molar-refractivity contribution in [3.05, 3.63) is 57.5 Å². The third-order valence-electron chi connectivity index (χ3n) is 3.06. The van der Waals surface area contributed by atoms with Crippen LogP contribution in [-0.4, -0.2) is 6.54 Å². The van der Waals surface area contributed by atoms with Crippen LogP contribution in [0.25, 0.3) is 0 Å². The van der Waals surface area contributed by atoms with Gasteiger partial charge in [-0.25, -0.2) is 0 Å². The summed E-state index contributed by atoms with van der Waals surface area (Å²) in [5, 5.41) is 3.47. The van der Waals surface area contributed by atoms with Crippen molar-refractivity contribution >= 4 is 15.9 Å². The van der Waals surface area contributed by atoms with E-state index in [0.717, 1.165) is 22.5 Å². The van der Waals surface area contributed by atoms with Crippen LogP contribution in [0.15, 0.2) is 39.2 Å². The summed E-state index contributed by atoms with van der Waals surface area (Å²) in [6, 6.07) is 10.5. The van der Waals surface area contributed by atoms with E-state index in [1.54, 1.807) is 0 Å². The van der Waals surface area contributed by atoms with Crippen molar-refractivity contribution in [2.45, 2.75) is 26.8 Å². The highest BCUT2D eigenvalue weighted by Crippen LogP contribution is 2.27. The molecule has 2 aromatic rings. The van der Waals surface area contributed by atoms with Crippen molar-refractivity contribution in [1.82, 2.24) is 5.32 Å². The minimum absolute atomic E-state index is 0.111. The van der Waals surface area contributed by atoms with Crippen molar-refractivity contribution in [2.75, 3.05) is 6.54 Å². The van der Waals surface area contributed by atoms with Crippen LogP contribution in [0.1, 0.15) is 35.6 Å². The number of rotatable bonds is 4. The lowest BCUT2D eigenvalue weighted by atomic mass is 10.0. The van der Waals surface area contributed by atoms with E-state index < -0.39 is 0 Å². The number of benzene rings is 1. The maximum atomic E-state index is 5.85. The second-order valence-corrected chi connectivity index (χ2v) is 5.35. The Morgan fingerprint density at radius 1 is 1.28 bits per heavy atom. The molecule has 18 heavy (non-hydrogen) atoms. The van der Waals surface area contributed by atoms with Gasteiger partial charge in [0.25, 0.3) is 0 Å². The van der Waals surface area contributed by atoms with E-state index in [9.17, 15) is 0 Å². The van der Waals surface area contributed by atoms with Gasteiger partial charge in [-0.15, -0.1) is 0 Å². The molecule has 1 aromatic heterocycles. The average molecular weight is 308 g/mol. The van der Waals surface area contributed by atoms with Gasteiger partial charge in [0.05, 0.1) is 6.04 Å². The molecule has 0 fully saturated rings. The number of furan rings is 1. The van der Waals surface area contributed by atoms with Crippen LogP contribution in [0.2, 0.25) is 0 Å². The summed E-state index contributed by atoms with van der Waals surface area (Å²) >= 11 is 3.52. The summed E-state index contributed by atoms with van der Waals surface area (Å²) in [6.45, 7) is 7.08. The Hall–Kier alpha value is -1.06. The molecule has 1 atom stereocenters. The zero-order chi connectivity index (χ0) is 13.1. The largest absolute Gasteiger partial charge is 0.464 e. The molecular formula is C15H18BrNO. The molecule has 1 heterocycles. The van der Waals surface area contributed by atoms with Gasteiger partial charge in [0.15, 0.2) is 0 Å². The van der Waals surface area contributed by atoms with E-state index in [1.807, 2.05) is 19.1 Å². The first kappa shape index (κ1) is 13.4. The first-order chi connectivity index (χ1) is 8.61. The van der Waals surface area contributed by atoms with Gasteiger partial charge in [0.2, 0.25) is 0 Å². The first-order valence-corrected chi connectivity index (χ1v) is 6.97. The summed E-state index contributed by atoms with van der Waals surface area (Å²) in [6.07, 6.45) is 0. The van der Waals surface area contributed by atoms with Gasteiger partial charge in [-0.1, -0.05) is 35.0 Å². The molecule has 2 rings (SSSR count). The minimum Gasteiger partial charge on any atom is -0.464 e. The van der Waals surface area contributed by atoms with E-state index >= 15 is 0 Å². The minimum atomic E-state index is 0.111. The van der Waals surface area contributed by atoms with Crippen molar-refractivity contribution in [2.24, 2.45) is 0 Å². The molecule has 0 aliphatic rings. The predicted octanol–water partition coefficient (Wildman–Crippen LogP) is 4.36. The lowest BCUT2D eigenvalue weighted by Gasteiger charge is -2.16. The highest BCUT2D eigenvalue weighted by Gasteiger charge is 2.17. The molecule has 96 valence electrons. The number of nitrogens with one attached hydrogen (secondary N) is 1. The van der Waals surface area contributed by atoms with Crippen LogP contribution >= 0.6 is 15.9 Å². The molecule has 2 nitrogen and oxygen atoms in total. The van der Waals surface area contributed by atoms with Crippen LogP contribution in [-0.2, 0) is 0 Å². The fourth-order valence-corrected chi connectivity index (χ4v) is 2.43. The first-order valence-electron chi connectivity index (χ1n) is 6.17. The zero-order valence-corrected chi connectivity index (χ0v) is 12.5. The second kappa shape index (κ2) is 5.72. The maximum Gasteiger partial charge on any atom is 0.125 e. The molecule has 0 radical (unpaired) electrons. The summed E-state index contributed by atoms with van der Waals surface area (Å²) in [5.74, 6) is 1.97. The molecule has 3 heteroatoms. The zero-order valence-electron chi connectivity index (χ0n) is 11.0. The fourth-order valence-electron chi connectivity index (χ4n) is 2.02. The van der Waals surface area contributed by atoms with Crippen LogP contribution in [0, 0.1) is 13.8 Å². The van der Waals surface area contributed by atoms with Crippen molar-refractivity contribution in [3.63, 3.8) is 0 Å². The average Bonchev–Trinajstić information content (AvgIpc) is 2.66. The van der Waals surface area contributed by atoms with E-state index in [0.29, 0.717) is 0 Å². The highest BCUT2D eigenvalue weighted by atomic mass is 79.9. The summed E-state index contributed by atoms with van der Waals surface area (Å²) in [7, 11) is 0. The smallest absolute Gasteiger partial charge is 0.125 e. The Kier molecular flexibility index (Phi) is 4.25. The van der Waals surface area contributed by atoms with Gasteiger partial charge in [0, 0.05) is 4.47 Å². The molecule has 0 aliphatic carbocycles. The third-order valence-corrected chi connectivity index (χ3v) is 3.55. The number of hydrogen-bond donors (Lipinski definition) is 1. The Morgan fingerprint density at radius 3 is 2.61 bits per heavy atom. The molecule has 0 spiro atoms. The van der Waals surface area contributed by atoms with E-state index in [2.05, 4.69) is 53.3 Å². The molecule has 0 aliphatic heterocycles. The maximum absolute atomic E-state index is 5.85. The summed E-state index contributed by atoms with van der Waals surface area (Å²) in [5.41, 5.74) is 2.41. The Morgan fingerprint density at radius 2 is 2.06 bits per heavy atom. The lowest BCUT2D eigenvalue weighted by molar-refractivity contribution is 0.434. The third kappa shape index (κ3) is 2.85. The molecular weight excluding hydrogens is 290 g/mol. The molecule has 0 bridgehead atoms. The topological polar surface area (TPSA) is 25.2 Å². The Labute approximate surface area is 117 Å². The highest BCUT2D eigenvalue weighted by molar-refractivity contribution is 9.10. The molecule has 0 amide bonds. The molecule has 1 unspecified atom stereocenters. The fraction of sp³-hybridized carbons (Fsp3) is 0.333. The van der Waals surface area contributed by atoms with Gasteiger partial charge in [-0.2, -0.15) is 0 Å². The molecule has 0 saturated heterocycles. The van der Waals surface area contributed by atoms with Crippen molar-refractivity contribution in [1.29, 1.82) is 0 Å².